The van der Waals surface area contributed by atoms with E-state index in [1.165, 1.54) is 0 Å². The molecule has 1 fully saturated rings. The molecular weight excluding hydrogens is 414 g/mol. The molecule has 0 aliphatic carbocycles. The van der Waals surface area contributed by atoms with E-state index in [0.29, 0.717) is 23.7 Å². The lowest BCUT2D eigenvalue weighted by Gasteiger charge is -2.28. The van der Waals surface area contributed by atoms with Gasteiger partial charge in [0.05, 0.1) is 30.7 Å². The van der Waals surface area contributed by atoms with Crippen LogP contribution in [0.15, 0.2) is 61.2 Å². The maximum Gasteiger partial charge on any atom is 0.257 e. The summed E-state index contributed by atoms with van der Waals surface area (Å²) >= 11 is 6.09. The van der Waals surface area contributed by atoms with Gasteiger partial charge in [0, 0.05) is 56.3 Å². The zero-order chi connectivity index (χ0) is 21.5. The molecule has 0 atom stereocenters. The van der Waals surface area contributed by atoms with Gasteiger partial charge in [0.2, 0.25) is 0 Å². The minimum absolute atomic E-state index is 0.0351. The van der Waals surface area contributed by atoms with Crippen molar-refractivity contribution >= 4 is 17.5 Å². The number of morpholine rings is 1. The Morgan fingerprint density at radius 1 is 1.16 bits per heavy atom. The number of carbonyl (C=O) groups is 1. The number of nitrogens with zero attached hydrogens (tertiary/aromatic N) is 5. The van der Waals surface area contributed by atoms with E-state index in [4.69, 9.17) is 16.3 Å². The van der Waals surface area contributed by atoms with Gasteiger partial charge in [-0.15, -0.1) is 0 Å². The van der Waals surface area contributed by atoms with Crippen molar-refractivity contribution in [3.63, 3.8) is 0 Å². The lowest BCUT2D eigenvalue weighted by atomic mass is 10.2. The highest BCUT2D eigenvalue weighted by Crippen LogP contribution is 2.16. The van der Waals surface area contributed by atoms with Crippen molar-refractivity contribution in [1.29, 1.82) is 0 Å². The van der Waals surface area contributed by atoms with Crippen molar-refractivity contribution < 1.29 is 9.53 Å². The van der Waals surface area contributed by atoms with Crippen LogP contribution in [0.5, 0.6) is 0 Å². The molecule has 2 aromatic heterocycles. The smallest absolute Gasteiger partial charge is 0.257 e. The third-order valence-electron chi connectivity index (χ3n) is 5.32. The standard InChI is InChI=1S/C23H26ClN5O2/c24-21-3-1-4-22(15-21)29-18-20(16-26-29)23(30)28(17-19-5-7-25-8-6-19)10-2-9-27-11-13-31-14-12-27/h1,3-8,15-16,18H,2,9-14,17H2. The number of benzene rings is 1. The molecule has 0 radical (unpaired) electrons. The van der Waals surface area contributed by atoms with Crippen LogP contribution in [-0.2, 0) is 11.3 Å². The second-order valence-electron chi connectivity index (χ2n) is 7.54. The van der Waals surface area contributed by atoms with Crippen LogP contribution in [0.1, 0.15) is 22.3 Å². The summed E-state index contributed by atoms with van der Waals surface area (Å²) in [5, 5.41) is 5.00. The largest absolute Gasteiger partial charge is 0.379 e. The van der Waals surface area contributed by atoms with E-state index in [0.717, 1.165) is 50.5 Å². The van der Waals surface area contributed by atoms with E-state index >= 15 is 0 Å². The summed E-state index contributed by atoms with van der Waals surface area (Å²) in [5.74, 6) is -0.0351. The van der Waals surface area contributed by atoms with Crippen LogP contribution in [0.3, 0.4) is 0 Å². The van der Waals surface area contributed by atoms with Gasteiger partial charge in [-0.3, -0.25) is 14.7 Å². The Balaban J connectivity index is 1.46. The highest BCUT2D eigenvalue weighted by Gasteiger charge is 2.19. The Kier molecular flexibility index (Phi) is 7.30. The normalized spacial score (nSPS) is 14.5. The number of carbonyl (C=O) groups excluding carboxylic acids is 1. The Labute approximate surface area is 187 Å². The molecule has 8 heteroatoms. The zero-order valence-corrected chi connectivity index (χ0v) is 18.1. The van der Waals surface area contributed by atoms with E-state index in [2.05, 4.69) is 15.0 Å². The number of halogens is 1. The van der Waals surface area contributed by atoms with Gasteiger partial charge >= 0.3 is 0 Å². The molecule has 0 bridgehead atoms. The number of rotatable bonds is 8. The molecule has 31 heavy (non-hydrogen) atoms. The van der Waals surface area contributed by atoms with E-state index in [-0.39, 0.29) is 5.91 Å². The third kappa shape index (κ3) is 5.91. The number of amides is 1. The molecule has 0 unspecified atom stereocenters. The maximum atomic E-state index is 13.3. The van der Waals surface area contributed by atoms with Crippen LogP contribution in [0.2, 0.25) is 5.02 Å². The quantitative estimate of drug-likeness (QED) is 0.539. The van der Waals surface area contributed by atoms with Gasteiger partial charge in [0.1, 0.15) is 0 Å². The third-order valence-corrected chi connectivity index (χ3v) is 5.55. The topological polar surface area (TPSA) is 63.5 Å². The minimum atomic E-state index is -0.0351. The first-order valence-corrected chi connectivity index (χ1v) is 10.9. The molecule has 1 aliphatic heterocycles. The van der Waals surface area contributed by atoms with Crippen molar-refractivity contribution in [1.82, 2.24) is 24.6 Å². The van der Waals surface area contributed by atoms with Crippen LogP contribution >= 0.6 is 11.6 Å². The molecule has 0 saturated carbocycles. The van der Waals surface area contributed by atoms with Gasteiger partial charge in [0.25, 0.3) is 5.91 Å². The van der Waals surface area contributed by atoms with Crippen LogP contribution in [0.4, 0.5) is 0 Å². The molecule has 1 saturated heterocycles. The van der Waals surface area contributed by atoms with Crippen LogP contribution in [0.25, 0.3) is 5.69 Å². The number of hydrogen-bond donors (Lipinski definition) is 0. The zero-order valence-electron chi connectivity index (χ0n) is 17.4. The average molecular weight is 440 g/mol. The molecular formula is C23H26ClN5O2. The Bertz CT molecular complexity index is 988. The van der Waals surface area contributed by atoms with E-state index in [9.17, 15) is 4.79 Å². The number of aromatic nitrogens is 3. The fourth-order valence-corrected chi connectivity index (χ4v) is 3.83. The first kappa shape index (κ1) is 21.5. The summed E-state index contributed by atoms with van der Waals surface area (Å²) in [4.78, 5) is 21.7. The van der Waals surface area contributed by atoms with E-state index in [1.54, 1.807) is 29.5 Å². The molecule has 7 nitrogen and oxygen atoms in total. The molecule has 1 amide bonds. The van der Waals surface area contributed by atoms with Gasteiger partial charge in [-0.25, -0.2) is 4.68 Å². The Morgan fingerprint density at radius 3 is 2.74 bits per heavy atom. The summed E-state index contributed by atoms with van der Waals surface area (Å²) < 4.78 is 7.10. The first-order chi connectivity index (χ1) is 15.2. The van der Waals surface area contributed by atoms with Crippen molar-refractivity contribution in [3.8, 4) is 5.69 Å². The molecule has 1 aliphatic rings. The molecule has 3 heterocycles. The number of hydrogen-bond acceptors (Lipinski definition) is 5. The van der Waals surface area contributed by atoms with Gasteiger partial charge < -0.3 is 9.64 Å². The second-order valence-corrected chi connectivity index (χ2v) is 7.98. The second kappa shape index (κ2) is 10.5. The van der Waals surface area contributed by atoms with Crippen molar-refractivity contribution in [3.05, 3.63) is 77.3 Å². The molecule has 3 aromatic rings. The lowest BCUT2D eigenvalue weighted by molar-refractivity contribution is 0.0355. The number of pyridine rings is 1. The number of ether oxygens (including phenoxy) is 1. The molecule has 0 N–H and O–H groups in total. The van der Waals surface area contributed by atoms with E-state index < -0.39 is 0 Å². The highest BCUT2D eigenvalue weighted by molar-refractivity contribution is 6.30. The predicted molar refractivity (Wildman–Crippen MR) is 119 cm³/mol. The van der Waals surface area contributed by atoms with Gasteiger partial charge in [0.15, 0.2) is 0 Å². The summed E-state index contributed by atoms with van der Waals surface area (Å²) in [6.45, 7) is 5.61. The molecule has 4 rings (SSSR count). The summed E-state index contributed by atoms with van der Waals surface area (Å²) in [6, 6.07) is 11.3. The fraction of sp³-hybridized carbons (Fsp3) is 0.348. The summed E-state index contributed by atoms with van der Waals surface area (Å²) in [7, 11) is 0. The highest BCUT2D eigenvalue weighted by atomic mass is 35.5. The fourth-order valence-electron chi connectivity index (χ4n) is 3.65. The summed E-state index contributed by atoms with van der Waals surface area (Å²) in [5.41, 5.74) is 2.43. The minimum Gasteiger partial charge on any atom is -0.379 e. The van der Waals surface area contributed by atoms with Crippen LogP contribution < -0.4 is 0 Å². The van der Waals surface area contributed by atoms with Gasteiger partial charge in [-0.05, 0) is 42.3 Å². The van der Waals surface area contributed by atoms with E-state index in [1.807, 2.05) is 41.3 Å². The van der Waals surface area contributed by atoms with Gasteiger partial charge in [-0.1, -0.05) is 17.7 Å². The van der Waals surface area contributed by atoms with Crippen molar-refractivity contribution in [2.75, 3.05) is 39.4 Å². The molecule has 1 aromatic carbocycles. The van der Waals surface area contributed by atoms with Crippen molar-refractivity contribution in [2.24, 2.45) is 0 Å². The lowest BCUT2D eigenvalue weighted by Crippen LogP contribution is -2.39. The Morgan fingerprint density at radius 2 is 1.97 bits per heavy atom. The van der Waals surface area contributed by atoms with Crippen LogP contribution in [-0.4, -0.2) is 69.9 Å². The summed E-state index contributed by atoms with van der Waals surface area (Å²) in [6.07, 6.45) is 7.78. The predicted octanol–water partition coefficient (Wildman–Crippen LogP) is 3.29. The maximum absolute atomic E-state index is 13.3. The SMILES string of the molecule is O=C(c1cnn(-c2cccc(Cl)c2)c1)N(CCCN1CCOCC1)Cc1ccncc1. The molecule has 162 valence electrons. The molecule has 0 spiro atoms. The van der Waals surface area contributed by atoms with Gasteiger partial charge in [-0.2, -0.15) is 5.10 Å². The first-order valence-electron chi connectivity index (χ1n) is 10.5. The Hall–Kier alpha value is -2.74. The monoisotopic (exact) mass is 439 g/mol. The van der Waals surface area contributed by atoms with Crippen LogP contribution in [0, 0.1) is 0 Å². The average Bonchev–Trinajstić information content (AvgIpc) is 3.30. The van der Waals surface area contributed by atoms with Crippen molar-refractivity contribution in [2.45, 2.75) is 13.0 Å².